The Labute approximate surface area is 299 Å². The van der Waals surface area contributed by atoms with Gasteiger partial charge in [0.1, 0.15) is 17.3 Å². The van der Waals surface area contributed by atoms with Crippen molar-refractivity contribution in [3.8, 4) is 5.75 Å². The molecule has 1 saturated heterocycles. The summed E-state index contributed by atoms with van der Waals surface area (Å²) in [4.78, 5) is 48.9. The molecule has 15 nitrogen and oxygen atoms in total. The summed E-state index contributed by atoms with van der Waals surface area (Å²) in [5.41, 5.74) is 15.2. The molecule has 0 radical (unpaired) electrons. The van der Waals surface area contributed by atoms with Gasteiger partial charge in [-0.15, -0.1) is 0 Å². The third-order valence-electron chi connectivity index (χ3n) is 9.29. The van der Waals surface area contributed by atoms with Gasteiger partial charge >= 0.3 is 5.97 Å². The van der Waals surface area contributed by atoms with Crippen molar-refractivity contribution in [2.24, 2.45) is 5.73 Å². The number of unbranched alkanes of at least 4 members (excludes halogenated alkanes) is 2. The lowest BCUT2D eigenvalue weighted by Crippen LogP contribution is -2.48. The summed E-state index contributed by atoms with van der Waals surface area (Å²) in [6.07, 6.45) is 7.53. The number of fused-ring (bicyclic) bond motifs is 1. The molecule has 2 amide bonds. The smallest absolute Gasteiger partial charge is 0.320 e. The number of carboxylic acids is 1. The number of aliphatic hydroxyl groups is 1. The monoisotopic (exact) mass is 709 g/mol. The number of amides is 2. The summed E-state index contributed by atoms with van der Waals surface area (Å²) in [7, 11) is 1.66. The number of carbonyl (C=O) groups excluding carboxylic acids is 2. The molecule has 2 atom stereocenters. The Bertz CT molecular complexity index is 1590. The summed E-state index contributed by atoms with van der Waals surface area (Å²) in [5, 5.41) is 25.0. The van der Waals surface area contributed by atoms with Gasteiger partial charge in [0, 0.05) is 63.9 Å². The minimum absolute atomic E-state index is 0.0131. The van der Waals surface area contributed by atoms with Crippen LogP contribution in [-0.4, -0.2) is 111 Å². The first kappa shape index (κ1) is 39.3. The Kier molecular flexibility index (Phi) is 15.3. The molecule has 4 rings (SSSR count). The van der Waals surface area contributed by atoms with Gasteiger partial charge in [-0.3, -0.25) is 19.3 Å². The molecule has 2 aromatic heterocycles. The van der Waals surface area contributed by atoms with E-state index in [4.69, 9.17) is 21.3 Å². The second-order valence-electron chi connectivity index (χ2n) is 13.2. The number of ether oxygens (including phenoxy) is 1. The fourth-order valence-electron chi connectivity index (χ4n) is 6.35. The van der Waals surface area contributed by atoms with Crippen LogP contribution in [0.5, 0.6) is 5.75 Å². The second kappa shape index (κ2) is 19.8. The van der Waals surface area contributed by atoms with Gasteiger partial charge < -0.3 is 46.5 Å². The molecule has 3 heterocycles. The second-order valence-corrected chi connectivity index (χ2v) is 13.2. The number of nitrogens with two attached hydrogens (primary N) is 2. The largest absolute Gasteiger partial charge is 0.496 e. The molecule has 1 aliphatic heterocycles. The van der Waals surface area contributed by atoms with Gasteiger partial charge in [0.15, 0.2) is 5.82 Å². The number of hydrogen-bond donors (Lipinski definition) is 6. The zero-order valence-electron chi connectivity index (χ0n) is 30.0. The minimum Gasteiger partial charge on any atom is -0.496 e. The number of carboxylic acid groups (broad SMARTS) is 1. The number of nitrogens with zero attached hydrogens (tertiary/aromatic N) is 5. The van der Waals surface area contributed by atoms with Crippen LogP contribution in [0.4, 0.5) is 11.8 Å². The molecule has 51 heavy (non-hydrogen) atoms. The number of carbonyl (C=O) groups is 3. The highest BCUT2D eigenvalue weighted by Crippen LogP contribution is 2.28. The molecule has 1 aliphatic rings. The summed E-state index contributed by atoms with van der Waals surface area (Å²) in [5.74, 6) is 0.475. The van der Waals surface area contributed by atoms with Gasteiger partial charge in [0.2, 0.25) is 17.8 Å². The van der Waals surface area contributed by atoms with Crippen molar-refractivity contribution in [3.63, 3.8) is 0 Å². The van der Waals surface area contributed by atoms with Crippen molar-refractivity contribution >= 4 is 40.6 Å². The number of aromatic nitrogens is 3. The van der Waals surface area contributed by atoms with Gasteiger partial charge in [0.05, 0.1) is 31.8 Å². The van der Waals surface area contributed by atoms with E-state index in [9.17, 15) is 19.5 Å². The molecule has 8 N–H and O–H groups in total. The standard InChI is InChI=1S/C36H55N9O6/c1-3-4-8-27(24-46)40-34-33-29(41-36(38)42-34)14-16-45(33)23-26-21-25(12-13-30(26)51-2)22-43-17-19-44(20-18-43)32(48)11-7-10-31(47)39-15-6-5-9-28(37)35(49)50/h12-14,16,21,27-28,46H,3-11,15,17-20,22-24,37H2,1-2H3,(H,39,47)(H,49,50)(H3,38,40,41,42)/t27-,28-/m0/s1. The van der Waals surface area contributed by atoms with Crippen LogP contribution in [0.3, 0.4) is 0 Å². The van der Waals surface area contributed by atoms with Crippen LogP contribution in [-0.2, 0) is 27.5 Å². The molecule has 0 bridgehead atoms. The van der Waals surface area contributed by atoms with Crippen molar-refractivity contribution < 1.29 is 29.3 Å². The number of nitrogen functional groups attached to an aromatic ring is 1. The Morgan fingerprint density at radius 2 is 1.78 bits per heavy atom. The highest BCUT2D eigenvalue weighted by molar-refractivity contribution is 5.88. The highest BCUT2D eigenvalue weighted by Gasteiger charge is 2.22. The lowest BCUT2D eigenvalue weighted by Gasteiger charge is -2.35. The molecular weight excluding hydrogens is 654 g/mol. The number of aliphatic hydroxyl groups excluding tert-OH is 1. The van der Waals surface area contributed by atoms with E-state index in [0.717, 1.165) is 66.8 Å². The first-order valence-electron chi connectivity index (χ1n) is 18.0. The van der Waals surface area contributed by atoms with Gasteiger partial charge in [-0.25, -0.2) is 4.98 Å². The van der Waals surface area contributed by atoms with E-state index in [1.165, 1.54) is 0 Å². The summed E-state index contributed by atoms with van der Waals surface area (Å²) >= 11 is 0. The van der Waals surface area contributed by atoms with Crippen LogP contribution in [0.1, 0.15) is 75.8 Å². The molecule has 0 aliphatic carbocycles. The third-order valence-corrected chi connectivity index (χ3v) is 9.29. The Hall–Kier alpha value is -4.47. The normalized spacial score (nSPS) is 14.7. The predicted octanol–water partition coefficient (Wildman–Crippen LogP) is 2.55. The fourth-order valence-corrected chi connectivity index (χ4v) is 6.35. The van der Waals surface area contributed by atoms with Gasteiger partial charge in [-0.1, -0.05) is 25.8 Å². The SMILES string of the molecule is CCCC[C@@H](CO)Nc1nc(N)nc2ccn(Cc3cc(CN4CCN(C(=O)CCCC(=O)NCCCC[C@H](N)C(=O)O)CC4)ccc3OC)c12. The fraction of sp³-hybridized carbons (Fsp3) is 0.583. The van der Waals surface area contributed by atoms with Crippen molar-refractivity contribution in [2.75, 3.05) is 57.5 Å². The third kappa shape index (κ3) is 11.8. The number of benzene rings is 1. The van der Waals surface area contributed by atoms with Crippen molar-refractivity contribution in [3.05, 3.63) is 41.6 Å². The molecule has 15 heteroatoms. The quantitative estimate of drug-likeness (QED) is 0.0881. The molecule has 0 unspecified atom stereocenters. The van der Waals surface area contributed by atoms with Crippen molar-refractivity contribution in [1.29, 1.82) is 0 Å². The number of rotatable bonds is 21. The zero-order valence-corrected chi connectivity index (χ0v) is 30.0. The Morgan fingerprint density at radius 3 is 2.49 bits per heavy atom. The van der Waals surface area contributed by atoms with Crippen LogP contribution in [0, 0.1) is 0 Å². The van der Waals surface area contributed by atoms with E-state index in [1.54, 1.807) is 7.11 Å². The maximum atomic E-state index is 12.9. The zero-order chi connectivity index (χ0) is 36.8. The lowest BCUT2D eigenvalue weighted by atomic mass is 10.1. The molecule has 1 aromatic carbocycles. The maximum Gasteiger partial charge on any atom is 0.320 e. The van der Waals surface area contributed by atoms with Crippen LogP contribution in [0.2, 0.25) is 0 Å². The number of nitrogens with one attached hydrogen (secondary N) is 2. The number of anilines is 2. The topological polar surface area (TPSA) is 214 Å². The van der Waals surface area contributed by atoms with Crippen LogP contribution >= 0.6 is 0 Å². The first-order valence-corrected chi connectivity index (χ1v) is 18.0. The molecular formula is C36H55N9O6. The molecule has 0 spiro atoms. The Morgan fingerprint density at radius 1 is 1.00 bits per heavy atom. The van der Waals surface area contributed by atoms with Crippen molar-refractivity contribution in [2.45, 2.75) is 89.9 Å². The van der Waals surface area contributed by atoms with E-state index < -0.39 is 12.0 Å². The van der Waals surface area contributed by atoms with E-state index in [1.807, 2.05) is 23.2 Å². The van der Waals surface area contributed by atoms with E-state index in [2.05, 4.69) is 49.1 Å². The van der Waals surface area contributed by atoms with Crippen LogP contribution < -0.4 is 26.8 Å². The number of piperazine rings is 1. The Balaban J connectivity index is 1.27. The van der Waals surface area contributed by atoms with Gasteiger partial charge in [-0.05, 0) is 55.9 Å². The molecule has 280 valence electrons. The van der Waals surface area contributed by atoms with E-state index >= 15 is 0 Å². The van der Waals surface area contributed by atoms with E-state index in [-0.39, 0.29) is 36.8 Å². The maximum absolute atomic E-state index is 12.9. The average molecular weight is 710 g/mol. The highest BCUT2D eigenvalue weighted by atomic mass is 16.5. The van der Waals surface area contributed by atoms with Crippen LogP contribution in [0.15, 0.2) is 30.5 Å². The van der Waals surface area contributed by atoms with Gasteiger partial charge in [-0.2, -0.15) is 4.98 Å². The van der Waals surface area contributed by atoms with Crippen molar-refractivity contribution in [1.82, 2.24) is 29.7 Å². The minimum atomic E-state index is -1.02. The van der Waals surface area contributed by atoms with E-state index in [0.29, 0.717) is 64.1 Å². The predicted molar refractivity (Wildman–Crippen MR) is 196 cm³/mol. The lowest BCUT2D eigenvalue weighted by molar-refractivity contribution is -0.138. The number of hydrogen-bond acceptors (Lipinski definition) is 11. The summed E-state index contributed by atoms with van der Waals surface area (Å²) < 4.78 is 7.81. The summed E-state index contributed by atoms with van der Waals surface area (Å²) in [6, 6.07) is 7.11. The average Bonchev–Trinajstić information content (AvgIpc) is 3.52. The number of methoxy groups -OCH3 is 1. The molecule has 3 aromatic rings. The van der Waals surface area contributed by atoms with Crippen LogP contribution in [0.25, 0.3) is 11.0 Å². The van der Waals surface area contributed by atoms with Gasteiger partial charge in [0.25, 0.3) is 0 Å². The molecule has 0 saturated carbocycles. The summed E-state index contributed by atoms with van der Waals surface area (Å²) in [6.45, 7) is 6.59. The first-order chi connectivity index (χ1) is 24.6. The molecule has 1 fully saturated rings. The number of aliphatic carboxylic acids is 1.